The second kappa shape index (κ2) is 13.1. The zero-order chi connectivity index (χ0) is 14.0. The van der Waals surface area contributed by atoms with E-state index in [1.54, 1.807) is 6.07 Å². The summed E-state index contributed by atoms with van der Waals surface area (Å²) in [6.07, 6.45) is 0. The van der Waals surface area contributed by atoms with E-state index in [0.29, 0.717) is 10.0 Å². The van der Waals surface area contributed by atoms with Crippen LogP contribution in [0.15, 0.2) is 42.5 Å². The molecule has 0 heterocycles. The first kappa shape index (κ1) is 21.4. The molecule has 0 N–H and O–H groups in total. The number of hydrogen-bond acceptors (Lipinski definition) is 0. The average molecular weight is 371 g/mol. The van der Waals surface area contributed by atoms with Crippen LogP contribution < -0.4 is 0 Å². The van der Waals surface area contributed by atoms with Gasteiger partial charge in [0.25, 0.3) is 0 Å². The van der Waals surface area contributed by atoms with Gasteiger partial charge in [0.2, 0.25) is 0 Å². The molecule has 0 atom stereocenters. The van der Waals surface area contributed by atoms with Gasteiger partial charge < -0.3 is 0 Å². The van der Waals surface area contributed by atoms with Crippen LogP contribution in [0.3, 0.4) is 0 Å². The molecule has 2 aromatic carbocycles. The molecule has 2 rings (SSSR count). The predicted octanol–water partition coefficient (Wildman–Crippen LogP) is 6.12. The fourth-order valence-electron chi connectivity index (χ4n) is 1.05. The molecule has 19 heavy (non-hydrogen) atoms. The molecule has 0 aromatic heterocycles. The van der Waals surface area contributed by atoms with E-state index in [2.05, 4.69) is 25.1 Å². The molecule has 2 aromatic rings. The van der Waals surface area contributed by atoms with Crippen LogP contribution in [0, 0.1) is 19.9 Å². The van der Waals surface area contributed by atoms with Crippen molar-refractivity contribution in [2.24, 2.45) is 0 Å². The zero-order valence-electron chi connectivity index (χ0n) is 11.9. The minimum absolute atomic E-state index is 0. The summed E-state index contributed by atoms with van der Waals surface area (Å²) in [6, 6.07) is 16.7. The average Bonchev–Trinajstić information content (AvgIpc) is 2.38. The Balaban J connectivity index is 0. The van der Waals surface area contributed by atoms with Crippen LogP contribution in [0.25, 0.3) is 0 Å². The van der Waals surface area contributed by atoms with E-state index >= 15 is 0 Å². The Bertz CT molecular complexity index is 442. The maximum absolute atomic E-state index is 5.67. The van der Waals surface area contributed by atoms with Crippen LogP contribution in [0.4, 0.5) is 0 Å². The third-order valence-electron chi connectivity index (χ3n) is 2.00. The number of benzene rings is 2. The van der Waals surface area contributed by atoms with Gasteiger partial charge >= 0.3 is 0 Å². The summed E-state index contributed by atoms with van der Waals surface area (Å²) in [6.45, 7) is 8.00. The normalized spacial score (nSPS) is 8.11. The van der Waals surface area contributed by atoms with Gasteiger partial charge in [-0.25, -0.2) is 0 Å². The Labute approximate surface area is 152 Å². The summed E-state index contributed by atoms with van der Waals surface area (Å²) < 4.78 is 0. The topological polar surface area (TPSA) is 0 Å². The van der Waals surface area contributed by atoms with E-state index in [-0.39, 0.29) is 32.7 Å². The predicted molar refractivity (Wildman–Crippen MR) is 82.6 cm³/mol. The Morgan fingerprint density at radius 3 is 1.68 bits per heavy atom. The molecule has 0 bridgehead atoms. The third-order valence-corrected chi connectivity index (χ3v) is 2.61. The van der Waals surface area contributed by atoms with E-state index in [1.807, 2.05) is 45.0 Å². The molecule has 0 aliphatic rings. The molecule has 0 saturated carbocycles. The van der Waals surface area contributed by atoms with Gasteiger partial charge in [-0.1, -0.05) is 66.7 Å². The van der Waals surface area contributed by atoms with Crippen molar-refractivity contribution < 1.29 is 32.7 Å². The molecule has 0 fully saturated rings. The molecule has 3 heteroatoms. The van der Waals surface area contributed by atoms with Crippen molar-refractivity contribution >= 4 is 23.2 Å². The van der Waals surface area contributed by atoms with Crippen LogP contribution >= 0.6 is 23.2 Å². The molecule has 0 unspecified atom stereocenters. The Hall–Kier alpha value is 0.124. The van der Waals surface area contributed by atoms with Gasteiger partial charge in [-0.15, -0.1) is 34.8 Å². The molecule has 0 aliphatic carbocycles. The quantitative estimate of drug-likeness (QED) is 0.490. The van der Waals surface area contributed by atoms with Crippen LogP contribution in [-0.4, -0.2) is 0 Å². The Morgan fingerprint density at radius 2 is 1.37 bits per heavy atom. The van der Waals surface area contributed by atoms with Gasteiger partial charge in [-0.3, -0.25) is 0 Å². The summed E-state index contributed by atoms with van der Waals surface area (Å²) in [4.78, 5) is 0. The molecule has 0 nitrogen and oxygen atoms in total. The van der Waals surface area contributed by atoms with Crippen molar-refractivity contribution in [2.75, 3.05) is 0 Å². The first-order chi connectivity index (χ1) is 8.59. The monoisotopic (exact) mass is 370 g/mol. The summed E-state index contributed by atoms with van der Waals surface area (Å²) in [5, 5.41) is 1.16. The number of hydrogen-bond donors (Lipinski definition) is 0. The standard InChI is InChI=1S/C7H5Cl2.C7H8.C2H6.Y/c1-5-2-3-6(8)4-7(5)9;1-7-5-3-2-4-6-7;1-2;/h2-3H,1H3;2-6H,1H3;1-2H3;/q-1;;;. The van der Waals surface area contributed by atoms with Gasteiger partial charge in [-0.05, 0) is 6.92 Å². The minimum atomic E-state index is 0. The van der Waals surface area contributed by atoms with Crippen molar-refractivity contribution in [1.82, 2.24) is 0 Å². The van der Waals surface area contributed by atoms with Crippen LogP contribution in [-0.2, 0) is 32.7 Å². The van der Waals surface area contributed by atoms with Crippen molar-refractivity contribution in [1.29, 1.82) is 0 Å². The fourth-order valence-corrected chi connectivity index (χ4v) is 1.42. The van der Waals surface area contributed by atoms with Gasteiger partial charge in [0, 0.05) is 32.7 Å². The summed E-state index contributed by atoms with van der Waals surface area (Å²) in [5.74, 6) is 0. The van der Waals surface area contributed by atoms with Gasteiger partial charge in [0.15, 0.2) is 0 Å². The summed E-state index contributed by atoms with van der Waals surface area (Å²) in [5.41, 5.74) is 2.32. The smallest absolute Gasteiger partial charge is 0 e. The SMILES string of the molecule is CC.Cc1ccc(Cl)[c-]c1Cl.Cc1ccccc1.[Y]. The summed E-state index contributed by atoms with van der Waals surface area (Å²) in [7, 11) is 0. The van der Waals surface area contributed by atoms with Gasteiger partial charge in [-0.2, -0.15) is 12.1 Å². The minimum Gasteiger partial charge on any atom is -0.167 e. The van der Waals surface area contributed by atoms with E-state index in [4.69, 9.17) is 23.2 Å². The van der Waals surface area contributed by atoms with Gasteiger partial charge in [0.05, 0.1) is 0 Å². The van der Waals surface area contributed by atoms with E-state index in [0.717, 1.165) is 5.56 Å². The molecule has 0 amide bonds. The fraction of sp³-hybridized carbons (Fsp3) is 0.250. The van der Waals surface area contributed by atoms with E-state index < -0.39 is 0 Å². The second-order valence-electron chi connectivity index (χ2n) is 3.46. The largest absolute Gasteiger partial charge is 0.167 e. The number of rotatable bonds is 0. The van der Waals surface area contributed by atoms with E-state index in [9.17, 15) is 0 Å². The molecule has 0 aliphatic heterocycles. The molecule has 101 valence electrons. The molecule has 1 radical (unpaired) electrons. The molecule has 0 saturated heterocycles. The van der Waals surface area contributed by atoms with Crippen LogP contribution in [0.1, 0.15) is 25.0 Å². The van der Waals surface area contributed by atoms with Crippen molar-refractivity contribution in [3.63, 3.8) is 0 Å². The molecular formula is C16H19Cl2Y-. The van der Waals surface area contributed by atoms with Crippen LogP contribution in [0.5, 0.6) is 0 Å². The number of halogens is 2. The zero-order valence-corrected chi connectivity index (χ0v) is 16.2. The second-order valence-corrected chi connectivity index (χ2v) is 4.24. The van der Waals surface area contributed by atoms with Crippen molar-refractivity contribution in [2.45, 2.75) is 27.7 Å². The van der Waals surface area contributed by atoms with Crippen molar-refractivity contribution in [3.05, 3.63) is 69.7 Å². The van der Waals surface area contributed by atoms with Crippen molar-refractivity contribution in [3.8, 4) is 0 Å². The first-order valence-electron chi connectivity index (χ1n) is 5.95. The number of aryl methyl sites for hydroxylation is 2. The van der Waals surface area contributed by atoms with E-state index in [1.165, 1.54) is 5.56 Å². The Kier molecular flexibility index (Phi) is 14.8. The molecule has 0 spiro atoms. The van der Waals surface area contributed by atoms with Crippen LogP contribution in [0.2, 0.25) is 10.0 Å². The summed E-state index contributed by atoms with van der Waals surface area (Å²) >= 11 is 11.3. The van der Waals surface area contributed by atoms with Gasteiger partial charge in [0.1, 0.15) is 0 Å². The Morgan fingerprint density at radius 1 is 0.842 bits per heavy atom. The maximum atomic E-state index is 5.67. The molecular weight excluding hydrogens is 352 g/mol. The first-order valence-corrected chi connectivity index (χ1v) is 6.71. The maximum Gasteiger partial charge on any atom is 0 e. The third kappa shape index (κ3) is 10.6.